The normalized spacial score (nSPS) is 12.3. The average molecular weight is 258 g/mol. The summed E-state index contributed by atoms with van der Waals surface area (Å²) in [5, 5.41) is 0. The van der Waals surface area contributed by atoms with E-state index in [1.54, 1.807) is 12.1 Å². The molecule has 0 heterocycles. The molecule has 0 aliphatic rings. The van der Waals surface area contributed by atoms with Crippen molar-refractivity contribution in [1.29, 1.82) is 0 Å². The first-order valence-electron chi connectivity index (χ1n) is 4.19. The Kier molecular flexibility index (Phi) is 3.66. The lowest BCUT2D eigenvalue weighted by atomic mass is 10.1. The zero-order valence-electron chi connectivity index (χ0n) is 8.08. The molecule has 1 atom stereocenters. The van der Waals surface area contributed by atoms with Crippen molar-refractivity contribution in [1.82, 2.24) is 0 Å². The van der Waals surface area contributed by atoms with E-state index in [1.807, 2.05) is 13.0 Å². The van der Waals surface area contributed by atoms with Gasteiger partial charge >= 0.3 is 5.97 Å². The van der Waals surface area contributed by atoms with Crippen molar-refractivity contribution < 1.29 is 9.53 Å². The molecule has 14 heavy (non-hydrogen) atoms. The van der Waals surface area contributed by atoms with Gasteiger partial charge < -0.3 is 10.5 Å². The van der Waals surface area contributed by atoms with Gasteiger partial charge in [0.25, 0.3) is 0 Å². The van der Waals surface area contributed by atoms with Crippen molar-refractivity contribution in [2.24, 2.45) is 5.73 Å². The van der Waals surface area contributed by atoms with Crippen LogP contribution in [-0.4, -0.2) is 13.1 Å². The van der Waals surface area contributed by atoms with Crippen LogP contribution in [0.4, 0.5) is 0 Å². The van der Waals surface area contributed by atoms with Gasteiger partial charge in [-0.25, -0.2) is 4.79 Å². The number of carbonyl (C=O) groups is 1. The molecule has 0 amide bonds. The van der Waals surface area contributed by atoms with Crippen molar-refractivity contribution in [3.05, 3.63) is 33.8 Å². The van der Waals surface area contributed by atoms with E-state index < -0.39 is 0 Å². The monoisotopic (exact) mass is 257 g/mol. The fraction of sp³-hybridized carbons (Fsp3) is 0.300. The van der Waals surface area contributed by atoms with Gasteiger partial charge in [-0.2, -0.15) is 0 Å². The second kappa shape index (κ2) is 4.57. The number of hydrogen-bond donors (Lipinski definition) is 1. The quantitative estimate of drug-likeness (QED) is 0.828. The van der Waals surface area contributed by atoms with Gasteiger partial charge in [0.2, 0.25) is 0 Å². The Balaban J connectivity index is 3.06. The predicted molar refractivity (Wildman–Crippen MR) is 58.1 cm³/mol. The highest BCUT2D eigenvalue weighted by molar-refractivity contribution is 9.10. The third kappa shape index (κ3) is 2.33. The molecule has 0 radical (unpaired) electrons. The molecule has 0 unspecified atom stereocenters. The van der Waals surface area contributed by atoms with Gasteiger partial charge in [0.1, 0.15) is 0 Å². The summed E-state index contributed by atoms with van der Waals surface area (Å²) in [4.78, 5) is 11.2. The van der Waals surface area contributed by atoms with Crippen LogP contribution in [0.5, 0.6) is 0 Å². The number of methoxy groups -OCH3 is 1. The Morgan fingerprint density at radius 2 is 2.21 bits per heavy atom. The van der Waals surface area contributed by atoms with Crippen LogP contribution in [0.1, 0.15) is 28.9 Å². The van der Waals surface area contributed by atoms with Crippen LogP contribution in [0.3, 0.4) is 0 Å². The molecule has 1 aromatic carbocycles. The number of nitrogens with two attached hydrogens (primary N) is 1. The lowest BCUT2D eigenvalue weighted by Crippen LogP contribution is -2.07. The van der Waals surface area contributed by atoms with Crippen molar-refractivity contribution in [3.8, 4) is 0 Å². The standard InChI is InChI=1S/C10H12BrNO2/c1-6(12)8-4-3-7(5-9(8)11)10(13)14-2/h3-6H,12H2,1-2H3/t6-/m0/s1. The van der Waals surface area contributed by atoms with E-state index in [0.29, 0.717) is 5.56 Å². The van der Waals surface area contributed by atoms with Gasteiger partial charge in [0.05, 0.1) is 12.7 Å². The molecular formula is C10H12BrNO2. The molecule has 0 aliphatic heterocycles. The van der Waals surface area contributed by atoms with Crippen LogP contribution in [0.25, 0.3) is 0 Å². The third-order valence-electron chi connectivity index (χ3n) is 1.91. The van der Waals surface area contributed by atoms with Gasteiger partial charge in [-0.1, -0.05) is 22.0 Å². The molecule has 0 saturated heterocycles. The molecule has 3 nitrogen and oxygen atoms in total. The van der Waals surface area contributed by atoms with Crippen molar-refractivity contribution in [3.63, 3.8) is 0 Å². The highest BCUT2D eigenvalue weighted by Gasteiger charge is 2.10. The number of esters is 1. The molecule has 1 aromatic rings. The molecule has 1 rings (SSSR count). The van der Waals surface area contributed by atoms with Crippen LogP contribution < -0.4 is 5.73 Å². The number of ether oxygens (including phenoxy) is 1. The van der Waals surface area contributed by atoms with Crippen molar-refractivity contribution in [2.45, 2.75) is 13.0 Å². The van der Waals surface area contributed by atoms with Gasteiger partial charge in [0.15, 0.2) is 0 Å². The minimum Gasteiger partial charge on any atom is -0.465 e. The number of carbonyl (C=O) groups excluding carboxylic acids is 1. The van der Waals surface area contributed by atoms with E-state index >= 15 is 0 Å². The summed E-state index contributed by atoms with van der Waals surface area (Å²) in [5.41, 5.74) is 7.21. The van der Waals surface area contributed by atoms with Gasteiger partial charge in [-0.15, -0.1) is 0 Å². The predicted octanol–water partition coefficient (Wildman–Crippen LogP) is 2.26. The number of halogens is 1. The van der Waals surface area contributed by atoms with Crippen LogP contribution >= 0.6 is 15.9 Å². The van der Waals surface area contributed by atoms with E-state index in [4.69, 9.17) is 5.73 Å². The van der Waals surface area contributed by atoms with E-state index in [2.05, 4.69) is 20.7 Å². The summed E-state index contributed by atoms with van der Waals surface area (Å²) in [6, 6.07) is 5.18. The van der Waals surface area contributed by atoms with Gasteiger partial charge in [0, 0.05) is 10.5 Å². The number of hydrogen-bond acceptors (Lipinski definition) is 3. The first-order valence-corrected chi connectivity index (χ1v) is 4.99. The highest BCUT2D eigenvalue weighted by atomic mass is 79.9. The number of benzene rings is 1. The van der Waals surface area contributed by atoms with E-state index in [1.165, 1.54) is 7.11 Å². The summed E-state index contributed by atoms with van der Waals surface area (Å²) < 4.78 is 5.43. The lowest BCUT2D eigenvalue weighted by molar-refractivity contribution is 0.0600. The smallest absolute Gasteiger partial charge is 0.337 e. The second-order valence-corrected chi connectivity index (χ2v) is 3.87. The molecule has 0 bridgehead atoms. The molecule has 76 valence electrons. The van der Waals surface area contributed by atoms with E-state index in [0.717, 1.165) is 10.0 Å². The molecule has 0 aromatic heterocycles. The first-order chi connectivity index (χ1) is 6.56. The molecule has 0 fully saturated rings. The largest absolute Gasteiger partial charge is 0.465 e. The Morgan fingerprint density at radius 3 is 2.64 bits per heavy atom. The molecular weight excluding hydrogens is 246 g/mol. The molecule has 0 aliphatic carbocycles. The minimum atomic E-state index is -0.345. The second-order valence-electron chi connectivity index (χ2n) is 3.02. The van der Waals surface area contributed by atoms with Crippen LogP contribution in [0.15, 0.2) is 22.7 Å². The fourth-order valence-electron chi connectivity index (χ4n) is 1.14. The zero-order valence-corrected chi connectivity index (χ0v) is 9.67. The molecule has 2 N–H and O–H groups in total. The topological polar surface area (TPSA) is 52.3 Å². The Hall–Kier alpha value is -0.870. The summed E-state index contributed by atoms with van der Waals surface area (Å²) in [7, 11) is 1.36. The van der Waals surface area contributed by atoms with Crippen molar-refractivity contribution >= 4 is 21.9 Å². The van der Waals surface area contributed by atoms with Crippen LogP contribution in [-0.2, 0) is 4.74 Å². The summed E-state index contributed by atoms with van der Waals surface area (Å²) in [6.45, 7) is 1.89. The Morgan fingerprint density at radius 1 is 1.57 bits per heavy atom. The minimum absolute atomic E-state index is 0.0592. The maximum absolute atomic E-state index is 11.2. The third-order valence-corrected chi connectivity index (χ3v) is 2.60. The van der Waals surface area contributed by atoms with Gasteiger partial charge in [-0.3, -0.25) is 0 Å². The van der Waals surface area contributed by atoms with Crippen LogP contribution in [0.2, 0.25) is 0 Å². The SMILES string of the molecule is COC(=O)c1ccc([C@H](C)N)c(Br)c1. The Bertz CT molecular complexity index is 350. The molecule has 4 heteroatoms. The summed E-state index contributed by atoms with van der Waals surface area (Å²) in [6.07, 6.45) is 0. The maximum Gasteiger partial charge on any atom is 0.337 e. The molecule has 0 spiro atoms. The van der Waals surface area contributed by atoms with Crippen LogP contribution in [0, 0.1) is 0 Å². The van der Waals surface area contributed by atoms with E-state index in [-0.39, 0.29) is 12.0 Å². The van der Waals surface area contributed by atoms with E-state index in [9.17, 15) is 4.79 Å². The first kappa shape index (κ1) is 11.2. The Labute approximate surface area is 91.4 Å². The molecule has 0 saturated carbocycles. The van der Waals surface area contributed by atoms with Gasteiger partial charge in [-0.05, 0) is 24.6 Å². The highest BCUT2D eigenvalue weighted by Crippen LogP contribution is 2.23. The average Bonchev–Trinajstić information content (AvgIpc) is 2.15. The fourth-order valence-corrected chi connectivity index (χ4v) is 1.88. The number of rotatable bonds is 2. The zero-order chi connectivity index (χ0) is 10.7. The maximum atomic E-state index is 11.2. The summed E-state index contributed by atoms with van der Waals surface area (Å²) in [5.74, 6) is -0.345. The summed E-state index contributed by atoms with van der Waals surface area (Å²) >= 11 is 3.36. The van der Waals surface area contributed by atoms with Crippen molar-refractivity contribution in [2.75, 3.05) is 7.11 Å². The lowest BCUT2D eigenvalue weighted by Gasteiger charge is -2.09.